The van der Waals surface area contributed by atoms with E-state index in [-0.39, 0.29) is 28.5 Å². The summed E-state index contributed by atoms with van der Waals surface area (Å²) in [5.74, 6) is -1.84. The smallest absolute Gasteiger partial charge is 0.186 e. The molecule has 0 amide bonds. The molecule has 1 aromatic heterocycles. The molecule has 21 heavy (non-hydrogen) atoms. The summed E-state index contributed by atoms with van der Waals surface area (Å²) in [4.78, 5) is 12.3. The highest BCUT2D eigenvalue weighted by atomic mass is 35.5. The van der Waals surface area contributed by atoms with E-state index in [2.05, 4.69) is 5.10 Å². The second kappa shape index (κ2) is 6.78. The maximum Gasteiger partial charge on any atom is 0.186 e. The van der Waals surface area contributed by atoms with Gasteiger partial charge in [0.25, 0.3) is 0 Å². The van der Waals surface area contributed by atoms with Crippen LogP contribution in [-0.2, 0) is 17.7 Å². The summed E-state index contributed by atoms with van der Waals surface area (Å²) < 4.78 is 32.8. The lowest BCUT2D eigenvalue weighted by atomic mass is 10.1. The lowest BCUT2D eigenvalue weighted by Crippen LogP contribution is -2.16. The van der Waals surface area contributed by atoms with Gasteiger partial charge in [-0.2, -0.15) is 5.10 Å². The van der Waals surface area contributed by atoms with Crippen LogP contribution in [0, 0.1) is 11.6 Å². The van der Waals surface area contributed by atoms with Gasteiger partial charge in [0.05, 0.1) is 24.4 Å². The number of halogens is 3. The summed E-state index contributed by atoms with van der Waals surface area (Å²) in [5, 5.41) is 4.18. The highest BCUT2D eigenvalue weighted by Gasteiger charge is 2.19. The van der Waals surface area contributed by atoms with Gasteiger partial charge in [0.1, 0.15) is 17.3 Å². The van der Waals surface area contributed by atoms with Gasteiger partial charge in [0, 0.05) is 19.6 Å². The van der Waals surface area contributed by atoms with Crippen LogP contribution in [0.4, 0.5) is 8.78 Å². The zero-order valence-electron chi connectivity index (χ0n) is 11.3. The highest BCUT2D eigenvalue weighted by molar-refractivity contribution is 6.33. The molecule has 0 spiro atoms. The van der Waals surface area contributed by atoms with Gasteiger partial charge >= 0.3 is 0 Å². The number of Topliss-reactive ketones (excluding diaryl/α,β-unsaturated/α-hetero) is 1. The first kappa shape index (κ1) is 15.6. The Hall–Kier alpha value is -1.79. The monoisotopic (exact) mass is 314 g/mol. The third kappa shape index (κ3) is 3.65. The Kier molecular flexibility index (Phi) is 5.03. The molecule has 2 rings (SSSR count). The summed E-state index contributed by atoms with van der Waals surface area (Å²) in [6.07, 6.45) is 1.13. The predicted octanol–water partition coefficient (Wildman–Crippen LogP) is 2.89. The first-order valence-electron chi connectivity index (χ1n) is 6.20. The van der Waals surface area contributed by atoms with Crippen LogP contribution in [0.5, 0.6) is 0 Å². The number of aromatic nitrogens is 2. The van der Waals surface area contributed by atoms with E-state index in [0.29, 0.717) is 13.2 Å². The SMILES string of the molecule is COCCn1ncc(Cl)c1C(=O)Cc1ccc(F)cc1F. The second-order valence-corrected chi connectivity index (χ2v) is 4.80. The Labute approximate surface area is 125 Å². The van der Waals surface area contributed by atoms with E-state index in [1.54, 1.807) is 0 Å². The van der Waals surface area contributed by atoms with Gasteiger partial charge in [-0.1, -0.05) is 17.7 Å². The Balaban J connectivity index is 2.22. The fourth-order valence-corrected chi connectivity index (χ4v) is 2.16. The fourth-order valence-electron chi connectivity index (χ4n) is 1.91. The number of nitrogens with zero attached hydrogens (tertiary/aromatic N) is 2. The van der Waals surface area contributed by atoms with Crippen LogP contribution in [0.3, 0.4) is 0 Å². The van der Waals surface area contributed by atoms with Gasteiger partial charge in [-0.3, -0.25) is 9.48 Å². The molecular formula is C14H13ClF2N2O2. The molecule has 0 aliphatic rings. The maximum absolute atomic E-state index is 13.6. The summed E-state index contributed by atoms with van der Waals surface area (Å²) in [6, 6.07) is 3.09. The number of ether oxygens (including phenoxy) is 1. The van der Waals surface area contributed by atoms with E-state index >= 15 is 0 Å². The van der Waals surface area contributed by atoms with Crippen molar-refractivity contribution in [1.29, 1.82) is 0 Å². The quantitative estimate of drug-likeness (QED) is 0.770. The summed E-state index contributed by atoms with van der Waals surface area (Å²) in [7, 11) is 1.53. The van der Waals surface area contributed by atoms with Crippen LogP contribution in [-0.4, -0.2) is 29.3 Å². The number of rotatable bonds is 6. The molecular weight excluding hydrogens is 302 g/mol. The lowest BCUT2D eigenvalue weighted by Gasteiger charge is -2.07. The van der Waals surface area contributed by atoms with Gasteiger partial charge in [-0.05, 0) is 11.6 Å². The van der Waals surface area contributed by atoms with Crippen LogP contribution in [0.1, 0.15) is 16.1 Å². The van der Waals surface area contributed by atoms with Gasteiger partial charge < -0.3 is 4.74 Å². The van der Waals surface area contributed by atoms with Crippen molar-refractivity contribution in [2.75, 3.05) is 13.7 Å². The van der Waals surface area contributed by atoms with Crippen LogP contribution >= 0.6 is 11.6 Å². The Morgan fingerprint density at radius 3 is 2.86 bits per heavy atom. The Bertz CT molecular complexity index is 658. The number of carbonyl (C=O) groups excluding carboxylic acids is 1. The van der Waals surface area contributed by atoms with Gasteiger partial charge in [-0.15, -0.1) is 0 Å². The van der Waals surface area contributed by atoms with E-state index in [9.17, 15) is 13.6 Å². The molecule has 1 heterocycles. The van der Waals surface area contributed by atoms with Crippen molar-refractivity contribution in [2.45, 2.75) is 13.0 Å². The van der Waals surface area contributed by atoms with E-state index in [0.717, 1.165) is 12.1 Å². The van der Waals surface area contributed by atoms with Gasteiger partial charge in [0.2, 0.25) is 0 Å². The molecule has 7 heteroatoms. The van der Waals surface area contributed by atoms with Crippen molar-refractivity contribution < 1.29 is 18.3 Å². The van der Waals surface area contributed by atoms with Gasteiger partial charge in [0.15, 0.2) is 5.78 Å². The third-order valence-corrected chi connectivity index (χ3v) is 3.21. The van der Waals surface area contributed by atoms with E-state index in [4.69, 9.17) is 16.3 Å². The van der Waals surface area contributed by atoms with Crippen LogP contribution < -0.4 is 0 Å². The van der Waals surface area contributed by atoms with Crippen LogP contribution in [0.25, 0.3) is 0 Å². The molecule has 0 unspecified atom stereocenters. The number of ketones is 1. The molecule has 0 fully saturated rings. The predicted molar refractivity (Wildman–Crippen MR) is 73.5 cm³/mol. The molecule has 0 aliphatic heterocycles. The molecule has 1 aromatic carbocycles. The number of hydrogen-bond acceptors (Lipinski definition) is 3. The van der Waals surface area contributed by atoms with Crippen LogP contribution in [0.15, 0.2) is 24.4 Å². The van der Waals surface area contributed by atoms with E-state index in [1.165, 1.54) is 24.1 Å². The molecule has 0 bridgehead atoms. The zero-order chi connectivity index (χ0) is 15.4. The summed E-state index contributed by atoms with van der Waals surface area (Å²) >= 11 is 5.95. The topological polar surface area (TPSA) is 44.1 Å². The second-order valence-electron chi connectivity index (χ2n) is 4.39. The molecule has 112 valence electrons. The Morgan fingerprint density at radius 2 is 2.19 bits per heavy atom. The minimum atomic E-state index is -0.762. The third-order valence-electron chi connectivity index (χ3n) is 2.93. The average Bonchev–Trinajstić information content (AvgIpc) is 2.80. The lowest BCUT2D eigenvalue weighted by molar-refractivity contribution is 0.0978. The fraction of sp³-hybridized carbons (Fsp3) is 0.286. The Morgan fingerprint density at radius 1 is 1.43 bits per heavy atom. The number of methoxy groups -OCH3 is 1. The minimum Gasteiger partial charge on any atom is -0.383 e. The first-order chi connectivity index (χ1) is 10.0. The van der Waals surface area contributed by atoms with Crippen molar-refractivity contribution in [2.24, 2.45) is 0 Å². The average molecular weight is 315 g/mol. The standard InChI is InChI=1S/C14H13ClF2N2O2/c1-21-5-4-19-14(11(15)8-18-19)13(20)6-9-2-3-10(16)7-12(9)17/h2-3,7-8H,4-6H2,1H3. The number of carbonyl (C=O) groups is 1. The molecule has 0 radical (unpaired) electrons. The minimum absolute atomic E-state index is 0.108. The normalized spacial score (nSPS) is 10.9. The van der Waals surface area contributed by atoms with Crippen molar-refractivity contribution in [3.05, 3.63) is 52.3 Å². The maximum atomic E-state index is 13.6. The van der Waals surface area contributed by atoms with Crippen molar-refractivity contribution in [3.8, 4) is 0 Å². The number of benzene rings is 1. The summed E-state index contributed by atoms with van der Waals surface area (Å²) in [6.45, 7) is 0.722. The molecule has 0 saturated heterocycles. The first-order valence-corrected chi connectivity index (χ1v) is 6.58. The molecule has 4 nitrogen and oxygen atoms in total. The van der Waals surface area contributed by atoms with E-state index in [1.807, 2.05) is 0 Å². The van der Waals surface area contributed by atoms with Gasteiger partial charge in [-0.25, -0.2) is 8.78 Å². The highest BCUT2D eigenvalue weighted by Crippen LogP contribution is 2.19. The molecule has 0 atom stereocenters. The summed E-state index contributed by atoms with van der Waals surface area (Å²) in [5.41, 5.74) is 0.300. The van der Waals surface area contributed by atoms with Crippen molar-refractivity contribution >= 4 is 17.4 Å². The molecule has 2 aromatic rings. The molecule has 0 saturated carbocycles. The zero-order valence-corrected chi connectivity index (χ0v) is 12.0. The van der Waals surface area contributed by atoms with Crippen molar-refractivity contribution in [3.63, 3.8) is 0 Å². The van der Waals surface area contributed by atoms with Crippen molar-refractivity contribution in [1.82, 2.24) is 9.78 Å². The molecule has 0 N–H and O–H groups in total. The van der Waals surface area contributed by atoms with Crippen LogP contribution in [0.2, 0.25) is 5.02 Å². The largest absolute Gasteiger partial charge is 0.383 e. The van der Waals surface area contributed by atoms with E-state index < -0.39 is 11.6 Å². The number of hydrogen-bond donors (Lipinski definition) is 0. The molecule has 0 aliphatic carbocycles.